The number of hydrogen-bond donors (Lipinski definition) is 2. The average Bonchev–Trinajstić information content (AvgIpc) is 2.29. The van der Waals surface area contributed by atoms with Crippen LogP contribution in [0.1, 0.15) is 36.8 Å². The zero-order valence-electron chi connectivity index (χ0n) is 10.7. The van der Waals surface area contributed by atoms with Gasteiger partial charge in [-0.1, -0.05) is 6.58 Å². The lowest BCUT2D eigenvalue weighted by Gasteiger charge is -2.25. The molecule has 2 N–H and O–H groups in total. The predicted octanol–water partition coefficient (Wildman–Crippen LogP) is 2.23. The molecule has 1 aliphatic rings. The molecule has 2 rings (SSSR count). The molecule has 0 saturated carbocycles. The molecule has 2 heterocycles. The van der Waals surface area contributed by atoms with Crippen LogP contribution >= 0.6 is 0 Å². The molecule has 1 aromatic heterocycles. The SMILES string of the molecule is C=C(C)n1cc(C2CCNCC2)c(C)cc1=N. The van der Waals surface area contributed by atoms with Crippen molar-refractivity contribution in [2.24, 2.45) is 0 Å². The number of piperidine rings is 1. The second-order valence-electron chi connectivity index (χ2n) is 4.93. The Bertz CT molecular complexity index is 479. The van der Waals surface area contributed by atoms with Crippen molar-refractivity contribution in [2.75, 3.05) is 13.1 Å². The number of allylic oxidation sites excluding steroid dienone is 1. The van der Waals surface area contributed by atoms with Crippen molar-refractivity contribution < 1.29 is 0 Å². The van der Waals surface area contributed by atoms with E-state index in [9.17, 15) is 0 Å². The van der Waals surface area contributed by atoms with Gasteiger partial charge in [-0.3, -0.25) is 5.41 Å². The number of rotatable bonds is 2. The van der Waals surface area contributed by atoms with Gasteiger partial charge >= 0.3 is 0 Å². The van der Waals surface area contributed by atoms with Gasteiger partial charge < -0.3 is 9.88 Å². The molecule has 3 nitrogen and oxygen atoms in total. The third-order valence-electron chi connectivity index (χ3n) is 3.53. The third kappa shape index (κ3) is 2.50. The number of hydrogen-bond acceptors (Lipinski definition) is 2. The Hall–Kier alpha value is -1.35. The normalized spacial score (nSPS) is 17.1. The van der Waals surface area contributed by atoms with Crippen molar-refractivity contribution in [2.45, 2.75) is 32.6 Å². The summed E-state index contributed by atoms with van der Waals surface area (Å²) in [5.41, 5.74) is 4.04. The number of aryl methyl sites for hydroxylation is 1. The maximum atomic E-state index is 7.94. The zero-order valence-corrected chi connectivity index (χ0v) is 10.7. The van der Waals surface area contributed by atoms with Gasteiger partial charge in [0, 0.05) is 11.9 Å². The monoisotopic (exact) mass is 231 g/mol. The lowest BCUT2D eigenvalue weighted by atomic mass is 9.88. The molecule has 1 aromatic rings. The molecule has 0 bridgehead atoms. The molecule has 1 saturated heterocycles. The van der Waals surface area contributed by atoms with E-state index in [1.54, 1.807) is 0 Å². The van der Waals surface area contributed by atoms with Crippen LogP contribution in [0, 0.1) is 12.3 Å². The van der Waals surface area contributed by atoms with Gasteiger partial charge in [0.15, 0.2) is 0 Å². The molecule has 17 heavy (non-hydrogen) atoms. The van der Waals surface area contributed by atoms with E-state index in [-0.39, 0.29) is 0 Å². The van der Waals surface area contributed by atoms with Crippen LogP contribution in [0.15, 0.2) is 18.8 Å². The van der Waals surface area contributed by atoms with Gasteiger partial charge in [0.25, 0.3) is 0 Å². The highest BCUT2D eigenvalue weighted by Gasteiger charge is 2.17. The lowest BCUT2D eigenvalue weighted by molar-refractivity contribution is 0.457. The Morgan fingerprint density at radius 2 is 2.12 bits per heavy atom. The van der Waals surface area contributed by atoms with Crippen LogP contribution in [0.3, 0.4) is 0 Å². The fourth-order valence-corrected chi connectivity index (χ4v) is 2.54. The highest BCUT2D eigenvalue weighted by Crippen LogP contribution is 2.27. The first-order chi connectivity index (χ1) is 8.09. The summed E-state index contributed by atoms with van der Waals surface area (Å²) >= 11 is 0. The van der Waals surface area contributed by atoms with Crippen LogP contribution in [0.2, 0.25) is 0 Å². The molecule has 0 atom stereocenters. The van der Waals surface area contributed by atoms with Crippen molar-refractivity contribution in [3.8, 4) is 0 Å². The van der Waals surface area contributed by atoms with E-state index in [1.807, 2.05) is 17.6 Å². The lowest BCUT2D eigenvalue weighted by Crippen LogP contribution is -2.28. The molecule has 92 valence electrons. The van der Waals surface area contributed by atoms with E-state index in [1.165, 1.54) is 24.0 Å². The van der Waals surface area contributed by atoms with Gasteiger partial charge in [-0.05, 0) is 62.9 Å². The fourth-order valence-electron chi connectivity index (χ4n) is 2.54. The Balaban J connectivity index is 2.42. The maximum absolute atomic E-state index is 7.94. The summed E-state index contributed by atoms with van der Waals surface area (Å²) in [6, 6.07) is 1.95. The van der Waals surface area contributed by atoms with Gasteiger partial charge in [0.2, 0.25) is 0 Å². The van der Waals surface area contributed by atoms with E-state index in [4.69, 9.17) is 5.41 Å². The summed E-state index contributed by atoms with van der Waals surface area (Å²) < 4.78 is 1.88. The summed E-state index contributed by atoms with van der Waals surface area (Å²) in [6.07, 6.45) is 4.48. The summed E-state index contributed by atoms with van der Waals surface area (Å²) in [4.78, 5) is 0. The second kappa shape index (κ2) is 4.88. The van der Waals surface area contributed by atoms with Crippen LogP contribution < -0.4 is 10.8 Å². The first-order valence-corrected chi connectivity index (χ1v) is 6.24. The third-order valence-corrected chi connectivity index (χ3v) is 3.53. The smallest absolute Gasteiger partial charge is 0.129 e. The van der Waals surface area contributed by atoms with E-state index >= 15 is 0 Å². The predicted molar refractivity (Wildman–Crippen MR) is 70.9 cm³/mol. The summed E-state index contributed by atoms with van der Waals surface area (Å²) in [5, 5.41) is 11.3. The summed E-state index contributed by atoms with van der Waals surface area (Å²) in [7, 11) is 0. The van der Waals surface area contributed by atoms with Crippen LogP contribution in [0.5, 0.6) is 0 Å². The molecule has 0 aliphatic carbocycles. The minimum Gasteiger partial charge on any atom is -0.317 e. The quantitative estimate of drug-likeness (QED) is 0.805. The first-order valence-electron chi connectivity index (χ1n) is 6.24. The van der Waals surface area contributed by atoms with Gasteiger partial charge in [-0.2, -0.15) is 0 Å². The second-order valence-corrected chi connectivity index (χ2v) is 4.93. The van der Waals surface area contributed by atoms with E-state index < -0.39 is 0 Å². The van der Waals surface area contributed by atoms with Crippen LogP contribution in [-0.2, 0) is 0 Å². The number of aromatic nitrogens is 1. The van der Waals surface area contributed by atoms with Gasteiger partial charge in [0.1, 0.15) is 5.49 Å². The van der Waals surface area contributed by atoms with Crippen LogP contribution in [0.25, 0.3) is 5.70 Å². The standard InChI is InChI=1S/C14H21N3/c1-10(2)17-9-13(11(3)8-14(17)15)12-4-6-16-7-5-12/h8-9,12,15-16H,1,4-7H2,2-3H3. The largest absolute Gasteiger partial charge is 0.317 e. The highest BCUT2D eigenvalue weighted by atomic mass is 15.0. The Kier molecular flexibility index (Phi) is 3.48. The average molecular weight is 231 g/mol. The van der Waals surface area contributed by atoms with Gasteiger partial charge in [-0.15, -0.1) is 0 Å². The topological polar surface area (TPSA) is 40.8 Å². The Morgan fingerprint density at radius 1 is 1.47 bits per heavy atom. The first kappa shape index (κ1) is 12.1. The van der Waals surface area contributed by atoms with E-state index in [0.717, 1.165) is 18.8 Å². The number of nitrogens with zero attached hydrogens (tertiary/aromatic N) is 1. The van der Waals surface area contributed by atoms with Gasteiger partial charge in [0.05, 0.1) is 0 Å². The summed E-state index contributed by atoms with van der Waals surface area (Å²) in [5.74, 6) is 0.627. The maximum Gasteiger partial charge on any atom is 0.129 e. The molecule has 0 aromatic carbocycles. The Labute approximate surface area is 103 Å². The molecule has 3 heteroatoms. The van der Waals surface area contributed by atoms with Crippen molar-refractivity contribution in [1.82, 2.24) is 9.88 Å². The molecular weight excluding hydrogens is 210 g/mol. The number of pyridine rings is 1. The van der Waals surface area contributed by atoms with E-state index in [2.05, 4.69) is 25.0 Å². The molecule has 1 fully saturated rings. The van der Waals surface area contributed by atoms with Crippen molar-refractivity contribution in [3.05, 3.63) is 35.5 Å². The molecule has 0 radical (unpaired) electrons. The minimum atomic E-state index is 0.521. The molecule has 0 spiro atoms. The van der Waals surface area contributed by atoms with Crippen molar-refractivity contribution in [1.29, 1.82) is 5.41 Å². The molecular formula is C14H21N3. The van der Waals surface area contributed by atoms with Crippen LogP contribution in [-0.4, -0.2) is 17.7 Å². The molecule has 1 aliphatic heterocycles. The highest BCUT2D eigenvalue weighted by molar-refractivity contribution is 5.40. The minimum absolute atomic E-state index is 0.521. The summed E-state index contributed by atoms with van der Waals surface area (Å²) in [6.45, 7) is 10.2. The fraction of sp³-hybridized carbons (Fsp3) is 0.500. The van der Waals surface area contributed by atoms with Gasteiger partial charge in [-0.25, -0.2) is 0 Å². The van der Waals surface area contributed by atoms with E-state index in [0.29, 0.717) is 11.4 Å². The molecule has 0 amide bonds. The van der Waals surface area contributed by atoms with Crippen LogP contribution in [0.4, 0.5) is 0 Å². The Morgan fingerprint density at radius 3 is 2.71 bits per heavy atom. The van der Waals surface area contributed by atoms with Crippen molar-refractivity contribution in [3.63, 3.8) is 0 Å². The zero-order chi connectivity index (χ0) is 12.4. The number of nitrogens with one attached hydrogen (secondary N) is 2. The molecule has 0 unspecified atom stereocenters. The van der Waals surface area contributed by atoms with Crippen molar-refractivity contribution >= 4 is 5.70 Å².